The zero-order valence-corrected chi connectivity index (χ0v) is 14.0. The van der Waals surface area contributed by atoms with Gasteiger partial charge in [0.25, 0.3) is 0 Å². The summed E-state index contributed by atoms with van der Waals surface area (Å²) in [6.45, 7) is 2.28. The molecule has 1 fully saturated rings. The van der Waals surface area contributed by atoms with Crippen LogP contribution >= 0.6 is 0 Å². The maximum Gasteiger partial charge on any atom is 0.309 e. The van der Waals surface area contributed by atoms with Crippen molar-refractivity contribution in [1.82, 2.24) is 4.98 Å². The first-order valence-electron chi connectivity index (χ1n) is 8.55. The topological polar surface area (TPSA) is 52.3 Å². The molecule has 1 saturated carbocycles. The number of oxazole rings is 1. The van der Waals surface area contributed by atoms with Crippen molar-refractivity contribution in [3.05, 3.63) is 60.2 Å². The van der Waals surface area contributed by atoms with Crippen molar-refractivity contribution in [1.29, 1.82) is 0 Å². The Balaban J connectivity index is 1.44. The molecule has 25 heavy (non-hydrogen) atoms. The molecule has 4 nitrogen and oxygen atoms in total. The molecule has 3 aromatic rings. The third-order valence-electron chi connectivity index (χ3n) is 4.42. The number of aromatic nitrogens is 1. The molecule has 0 radical (unpaired) electrons. The number of fused-ring (bicyclic) bond motifs is 1. The average molecular weight is 333 g/mol. The predicted octanol–water partition coefficient (Wildman–Crippen LogP) is 4.71. The molecular weight excluding hydrogens is 314 g/mol. The second-order valence-electron chi connectivity index (χ2n) is 6.23. The first-order valence-corrected chi connectivity index (χ1v) is 8.55. The van der Waals surface area contributed by atoms with Gasteiger partial charge in [0.1, 0.15) is 5.52 Å². The van der Waals surface area contributed by atoms with E-state index in [1.807, 2.05) is 55.5 Å². The van der Waals surface area contributed by atoms with Crippen molar-refractivity contribution in [2.24, 2.45) is 11.8 Å². The van der Waals surface area contributed by atoms with E-state index in [2.05, 4.69) is 17.1 Å². The van der Waals surface area contributed by atoms with E-state index in [4.69, 9.17) is 9.15 Å². The molecule has 0 bridgehead atoms. The molecule has 0 spiro atoms. The maximum absolute atomic E-state index is 11.6. The Hall–Kier alpha value is -2.88. The summed E-state index contributed by atoms with van der Waals surface area (Å²) in [5, 5.41) is 0. The van der Waals surface area contributed by atoms with Crippen LogP contribution in [0.3, 0.4) is 0 Å². The molecule has 2 atom stereocenters. The van der Waals surface area contributed by atoms with Crippen molar-refractivity contribution in [3.63, 3.8) is 0 Å². The van der Waals surface area contributed by atoms with Crippen LogP contribution in [0.25, 0.3) is 28.6 Å². The molecule has 0 amide bonds. The number of rotatable bonds is 5. The Morgan fingerprint density at radius 2 is 2.04 bits per heavy atom. The van der Waals surface area contributed by atoms with Crippen LogP contribution in [0.5, 0.6) is 0 Å². The minimum Gasteiger partial charge on any atom is -0.466 e. The lowest BCUT2D eigenvalue weighted by atomic mass is 10.1. The Labute approximate surface area is 146 Å². The van der Waals surface area contributed by atoms with Crippen molar-refractivity contribution in [2.45, 2.75) is 13.3 Å². The number of benzene rings is 2. The van der Waals surface area contributed by atoms with Crippen LogP contribution in [0.4, 0.5) is 0 Å². The van der Waals surface area contributed by atoms with Gasteiger partial charge in [0.05, 0.1) is 12.5 Å². The Morgan fingerprint density at radius 1 is 1.24 bits per heavy atom. The fourth-order valence-corrected chi connectivity index (χ4v) is 2.91. The van der Waals surface area contributed by atoms with Gasteiger partial charge < -0.3 is 9.15 Å². The van der Waals surface area contributed by atoms with Gasteiger partial charge in [-0.15, -0.1) is 0 Å². The Morgan fingerprint density at radius 3 is 2.80 bits per heavy atom. The number of para-hydroxylation sites is 2. The standard InChI is InChI=1S/C21H19NO3/c1-2-24-21(23)17-13-16(17)12-9-14-7-10-15(11-8-14)20-22-18-5-3-4-6-19(18)25-20/h3-12,16-17H,2,13H2,1H3/b12-9+/t16-,17-/m1/s1. The van der Waals surface area contributed by atoms with Crippen LogP contribution in [0, 0.1) is 11.8 Å². The maximum atomic E-state index is 11.6. The first kappa shape index (κ1) is 15.6. The van der Waals surface area contributed by atoms with Crippen LogP contribution in [0.2, 0.25) is 0 Å². The lowest BCUT2D eigenvalue weighted by Gasteiger charge is -1.99. The fourth-order valence-electron chi connectivity index (χ4n) is 2.91. The van der Waals surface area contributed by atoms with E-state index in [0.29, 0.717) is 18.4 Å². The normalized spacial score (nSPS) is 19.4. The molecule has 1 aliphatic rings. The summed E-state index contributed by atoms with van der Waals surface area (Å²) in [4.78, 5) is 16.1. The van der Waals surface area contributed by atoms with Crippen molar-refractivity contribution in [3.8, 4) is 11.5 Å². The number of ether oxygens (including phenoxy) is 1. The molecule has 126 valence electrons. The minimum absolute atomic E-state index is 0.0372. The quantitative estimate of drug-likeness (QED) is 0.635. The summed E-state index contributed by atoms with van der Waals surface area (Å²) in [6, 6.07) is 15.8. The minimum atomic E-state index is -0.0801. The largest absolute Gasteiger partial charge is 0.466 e. The third kappa shape index (κ3) is 3.33. The molecule has 0 N–H and O–H groups in total. The summed E-state index contributed by atoms with van der Waals surface area (Å²) in [5.74, 6) is 0.885. The molecule has 1 aliphatic carbocycles. The highest BCUT2D eigenvalue weighted by molar-refractivity contribution is 5.77. The summed E-state index contributed by atoms with van der Waals surface area (Å²) >= 11 is 0. The van der Waals surface area contributed by atoms with Gasteiger partial charge in [0.15, 0.2) is 5.58 Å². The van der Waals surface area contributed by atoms with Gasteiger partial charge in [-0.3, -0.25) is 4.79 Å². The van der Waals surface area contributed by atoms with Gasteiger partial charge in [0.2, 0.25) is 5.89 Å². The van der Waals surface area contributed by atoms with Gasteiger partial charge >= 0.3 is 5.97 Å². The van der Waals surface area contributed by atoms with Gasteiger partial charge in [-0.05, 0) is 49.1 Å². The molecule has 4 heteroatoms. The highest BCUT2D eigenvalue weighted by Crippen LogP contribution is 2.41. The summed E-state index contributed by atoms with van der Waals surface area (Å²) in [6.07, 6.45) is 5.03. The van der Waals surface area contributed by atoms with Crippen molar-refractivity contribution < 1.29 is 13.9 Å². The number of esters is 1. The molecule has 0 unspecified atom stereocenters. The van der Waals surface area contributed by atoms with Gasteiger partial charge in [-0.2, -0.15) is 0 Å². The molecule has 1 heterocycles. The SMILES string of the molecule is CCOC(=O)[C@@H]1C[C@H]1/C=C/c1ccc(-c2nc3ccccc3o2)cc1. The van der Waals surface area contributed by atoms with Crippen LogP contribution < -0.4 is 0 Å². The van der Waals surface area contributed by atoms with Crippen molar-refractivity contribution >= 4 is 23.1 Å². The lowest BCUT2D eigenvalue weighted by Crippen LogP contribution is -2.06. The van der Waals surface area contributed by atoms with E-state index in [-0.39, 0.29) is 11.9 Å². The molecule has 0 aliphatic heterocycles. The van der Waals surface area contributed by atoms with Gasteiger partial charge in [-0.1, -0.05) is 36.4 Å². The van der Waals surface area contributed by atoms with E-state index in [1.54, 1.807) is 0 Å². The third-order valence-corrected chi connectivity index (χ3v) is 4.42. The van der Waals surface area contributed by atoms with Gasteiger partial charge in [0, 0.05) is 5.56 Å². The van der Waals surface area contributed by atoms with E-state index in [1.165, 1.54) is 0 Å². The molecule has 1 aromatic heterocycles. The second kappa shape index (κ2) is 6.55. The molecule has 4 rings (SSSR count). The number of hydrogen-bond donors (Lipinski definition) is 0. The summed E-state index contributed by atoms with van der Waals surface area (Å²) in [7, 11) is 0. The Kier molecular flexibility index (Phi) is 4.10. The predicted molar refractivity (Wildman–Crippen MR) is 96.7 cm³/mol. The van der Waals surface area contributed by atoms with Crippen LogP contribution in [-0.4, -0.2) is 17.6 Å². The summed E-state index contributed by atoms with van der Waals surface area (Å²) in [5.41, 5.74) is 3.69. The van der Waals surface area contributed by atoms with Crippen LogP contribution in [0.1, 0.15) is 18.9 Å². The average Bonchev–Trinajstić information content (AvgIpc) is 3.29. The first-order chi connectivity index (χ1) is 12.2. The fraction of sp³-hybridized carbons (Fsp3) is 0.238. The van der Waals surface area contributed by atoms with Crippen molar-refractivity contribution in [2.75, 3.05) is 6.61 Å². The molecule has 2 aromatic carbocycles. The zero-order valence-electron chi connectivity index (χ0n) is 14.0. The number of hydrogen-bond acceptors (Lipinski definition) is 4. The number of nitrogens with zero attached hydrogens (tertiary/aromatic N) is 1. The van der Waals surface area contributed by atoms with E-state index in [9.17, 15) is 4.79 Å². The number of carbonyl (C=O) groups excluding carboxylic acids is 1. The van der Waals surface area contributed by atoms with E-state index >= 15 is 0 Å². The van der Waals surface area contributed by atoms with Crippen LogP contribution in [0.15, 0.2) is 59.0 Å². The monoisotopic (exact) mass is 333 g/mol. The lowest BCUT2D eigenvalue weighted by molar-refractivity contribution is -0.144. The molecule has 0 saturated heterocycles. The van der Waals surface area contributed by atoms with Gasteiger partial charge in [-0.25, -0.2) is 4.98 Å². The number of allylic oxidation sites excluding steroid dienone is 1. The zero-order chi connectivity index (χ0) is 17.2. The van der Waals surface area contributed by atoms with E-state index in [0.717, 1.165) is 28.6 Å². The second-order valence-corrected chi connectivity index (χ2v) is 6.23. The highest BCUT2D eigenvalue weighted by atomic mass is 16.5. The van der Waals surface area contributed by atoms with E-state index < -0.39 is 0 Å². The highest BCUT2D eigenvalue weighted by Gasteiger charge is 2.42. The Bertz CT molecular complexity index is 891. The number of carbonyl (C=O) groups is 1. The smallest absolute Gasteiger partial charge is 0.309 e. The summed E-state index contributed by atoms with van der Waals surface area (Å²) < 4.78 is 10.8. The molecular formula is C21H19NO3. The van der Waals surface area contributed by atoms with Crippen LogP contribution in [-0.2, 0) is 9.53 Å².